The fourth-order valence-corrected chi connectivity index (χ4v) is 9.59. The van der Waals surface area contributed by atoms with E-state index in [2.05, 4.69) is 13.8 Å². The molecule has 4 aliphatic carbocycles. The zero-order chi connectivity index (χ0) is 28.6. The number of Topliss-reactive ketones (excluding diaryl/α,β-unsaturated/α-hetero) is 2. The summed E-state index contributed by atoms with van der Waals surface area (Å²) in [4.78, 5) is 38.8. The summed E-state index contributed by atoms with van der Waals surface area (Å²) in [5, 5.41) is 34.2. The Kier molecular flexibility index (Phi) is 7.37. The molecule has 214 valence electrons. The number of aliphatic hydroxyl groups is 3. The van der Waals surface area contributed by atoms with Crippen LogP contribution in [0.3, 0.4) is 0 Å². The molecule has 4 aliphatic rings. The lowest BCUT2D eigenvalue weighted by Crippen LogP contribution is -2.61. The summed E-state index contributed by atoms with van der Waals surface area (Å²) >= 11 is 0. The predicted molar refractivity (Wildman–Crippen MR) is 143 cm³/mol. The van der Waals surface area contributed by atoms with Crippen LogP contribution < -0.4 is 0 Å². The van der Waals surface area contributed by atoms with Crippen molar-refractivity contribution >= 4 is 17.5 Å². The smallest absolute Gasteiger partial charge is 0.308 e. The Morgan fingerprint density at radius 2 is 1.63 bits per heavy atom. The molecular formula is C31H48O7. The summed E-state index contributed by atoms with van der Waals surface area (Å²) in [5.41, 5.74) is -0.940. The Balaban J connectivity index is 1.71. The van der Waals surface area contributed by atoms with Gasteiger partial charge in [0.2, 0.25) is 0 Å². The number of allylic oxidation sites excluding steroid dienone is 1. The second kappa shape index (κ2) is 9.52. The number of ketones is 2. The minimum Gasteiger partial charge on any atom is -0.469 e. The molecule has 0 saturated heterocycles. The second-order valence-corrected chi connectivity index (χ2v) is 14.3. The van der Waals surface area contributed by atoms with Crippen LogP contribution in [-0.4, -0.2) is 58.3 Å². The Morgan fingerprint density at radius 3 is 2.24 bits per heavy atom. The van der Waals surface area contributed by atoms with Gasteiger partial charge in [0.15, 0.2) is 5.78 Å². The first kappa shape index (κ1) is 29.4. The first-order valence-corrected chi connectivity index (χ1v) is 14.4. The Hall–Kier alpha value is -1.57. The van der Waals surface area contributed by atoms with Crippen molar-refractivity contribution in [1.29, 1.82) is 0 Å². The molecule has 0 aromatic carbocycles. The fraction of sp³-hybridized carbons (Fsp3) is 0.839. The molecule has 0 heterocycles. The lowest BCUT2D eigenvalue weighted by molar-refractivity contribution is -0.146. The zero-order valence-corrected chi connectivity index (χ0v) is 24.5. The molecule has 0 aromatic heterocycles. The van der Waals surface area contributed by atoms with Gasteiger partial charge in [-0.1, -0.05) is 48.5 Å². The van der Waals surface area contributed by atoms with Gasteiger partial charge in [0, 0.05) is 30.3 Å². The molecule has 0 bridgehead atoms. The van der Waals surface area contributed by atoms with Crippen molar-refractivity contribution in [3.05, 3.63) is 11.1 Å². The largest absolute Gasteiger partial charge is 0.469 e. The Bertz CT molecular complexity index is 1040. The number of methoxy groups -OCH3 is 1. The molecule has 7 nitrogen and oxygen atoms in total. The monoisotopic (exact) mass is 532 g/mol. The standard InChI is InChI=1S/C31H48O7/c1-16(11-18(32)12-17(2)27(37)38-8)19-13-24(36)31(7)26-20(33)14-22-28(3,4)23(35)9-10-29(22,5)25(26)21(34)15-30(19,31)6/h16-17,19-20,22-24,33,35-36H,9-15H2,1-8H3/t16-,17-,19-,20+,22+,23+,24+,29+,30-,31+/m1/s1. The highest BCUT2D eigenvalue weighted by atomic mass is 16.5. The van der Waals surface area contributed by atoms with Gasteiger partial charge in [0.1, 0.15) is 5.78 Å². The van der Waals surface area contributed by atoms with Crippen LogP contribution in [0.4, 0.5) is 0 Å². The van der Waals surface area contributed by atoms with Gasteiger partial charge in [-0.05, 0) is 65.3 Å². The molecule has 0 amide bonds. The van der Waals surface area contributed by atoms with Crippen LogP contribution in [0, 0.1) is 45.3 Å². The summed E-state index contributed by atoms with van der Waals surface area (Å²) in [5.74, 6) is -1.15. The molecular weight excluding hydrogens is 484 g/mol. The molecule has 2 saturated carbocycles. The summed E-state index contributed by atoms with van der Waals surface area (Å²) in [6, 6.07) is 0. The van der Waals surface area contributed by atoms with Crippen LogP contribution in [0.15, 0.2) is 11.1 Å². The molecule has 0 unspecified atom stereocenters. The number of hydrogen-bond donors (Lipinski definition) is 3. The van der Waals surface area contributed by atoms with Crippen LogP contribution in [0.1, 0.15) is 93.4 Å². The van der Waals surface area contributed by atoms with Gasteiger partial charge >= 0.3 is 5.97 Å². The van der Waals surface area contributed by atoms with E-state index in [0.717, 1.165) is 0 Å². The maximum absolute atomic E-state index is 14.1. The Labute approximate surface area is 227 Å². The summed E-state index contributed by atoms with van der Waals surface area (Å²) in [6.45, 7) is 14.0. The van der Waals surface area contributed by atoms with Crippen LogP contribution in [-0.2, 0) is 19.1 Å². The first-order chi connectivity index (χ1) is 17.5. The number of carbonyl (C=O) groups is 3. The molecule has 7 heteroatoms. The third kappa shape index (κ3) is 3.97. The third-order valence-corrected chi connectivity index (χ3v) is 12.0. The van der Waals surface area contributed by atoms with Crippen LogP contribution in [0.2, 0.25) is 0 Å². The second-order valence-electron chi connectivity index (χ2n) is 14.3. The lowest BCUT2D eigenvalue weighted by atomic mass is 9.42. The summed E-state index contributed by atoms with van der Waals surface area (Å²) in [6.07, 6.45) is 0.706. The fourth-order valence-electron chi connectivity index (χ4n) is 9.59. The van der Waals surface area contributed by atoms with E-state index in [9.17, 15) is 29.7 Å². The maximum atomic E-state index is 14.1. The van der Waals surface area contributed by atoms with Gasteiger partial charge in [-0.3, -0.25) is 14.4 Å². The average Bonchev–Trinajstić information content (AvgIpc) is 3.03. The van der Waals surface area contributed by atoms with E-state index in [1.807, 2.05) is 27.7 Å². The van der Waals surface area contributed by atoms with Crippen molar-refractivity contribution in [2.45, 2.75) is 112 Å². The SMILES string of the molecule is COC(=O)[C@H](C)CC(=O)C[C@@H](C)[C@H]1C[C@H](O)[C@@]2(C)C3=C(C(=O)C[C@]12C)[C@@]1(C)CC[C@H](O)C(C)(C)[C@@H]1C[C@@H]3O. The minimum absolute atomic E-state index is 0.0276. The van der Waals surface area contributed by atoms with Crippen molar-refractivity contribution in [3.8, 4) is 0 Å². The molecule has 0 aromatic rings. The summed E-state index contributed by atoms with van der Waals surface area (Å²) < 4.78 is 4.76. The van der Waals surface area contributed by atoms with Gasteiger partial charge in [-0.15, -0.1) is 0 Å². The highest BCUT2D eigenvalue weighted by Gasteiger charge is 2.70. The van der Waals surface area contributed by atoms with E-state index in [0.29, 0.717) is 36.8 Å². The van der Waals surface area contributed by atoms with E-state index in [1.54, 1.807) is 6.92 Å². The zero-order valence-electron chi connectivity index (χ0n) is 24.5. The van der Waals surface area contributed by atoms with Crippen molar-refractivity contribution in [1.82, 2.24) is 0 Å². The average molecular weight is 533 g/mol. The van der Waals surface area contributed by atoms with Crippen LogP contribution >= 0.6 is 0 Å². The van der Waals surface area contributed by atoms with Gasteiger partial charge < -0.3 is 20.1 Å². The molecule has 4 rings (SSSR count). The van der Waals surface area contributed by atoms with Gasteiger partial charge in [-0.2, -0.15) is 0 Å². The molecule has 0 aliphatic heterocycles. The highest BCUT2D eigenvalue weighted by Crippen LogP contribution is 2.71. The highest BCUT2D eigenvalue weighted by molar-refractivity contribution is 6.00. The number of hydrogen-bond acceptors (Lipinski definition) is 7. The molecule has 0 radical (unpaired) electrons. The number of fused-ring (bicyclic) bond motifs is 4. The topological polar surface area (TPSA) is 121 Å². The van der Waals surface area contributed by atoms with Crippen molar-refractivity contribution in [2.75, 3.05) is 7.11 Å². The molecule has 3 N–H and O–H groups in total. The van der Waals surface area contributed by atoms with Crippen molar-refractivity contribution in [2.24, 2.45) is 45.3 Å². The van der Waals surface area contributed by atoms with Gasteiger partial charge in [0.05, 0.1) is 31.3 Å². The normalized spacial score (nSPS) is 43.6. The van der Waals surface area contributed by atoms with E-state index >= 15 is 0 Å². The molecule has 38 heavy (non-hydrogen) atoms. The van der Waals surface area contributed by atoms with Crippen LogP contribution in [0.25, 0.3) is 0 Å². The lowest BCUT2D eigenvalue weighted by Gasteiger charge is -2.62. The van der Waals surface area contributed by atoms with Gasteiger partial charge in [-0.25, -0.2) is 0 Å². The van der Waals surface area contributed by atoms with E-state index in [4.69, 9.17) is 4.74 Å². The number of rotatable bonds is 6. The predicted octanol–water partition coefficient (Wildman–Crippen LogP) is 4.01. The van der Waals surface area contributed by atoms with Crippen molar-refractivity contribution < 1.29 is 34.4 Å². The Morgan fingerprint density at radius 1 is 1.00 bits per heavy atom. The number of ether oxygens (including phenoxy) is 1. The van der Waals surface area contributed by atoms with Crippen LogP contribution in [0.5, 0.6) is 0 Å². The minimum atomic E-state index is -0.868. The quantitative estimate of drug-likeness (QED) is 0.442. The number of carbonyl (C=O) groups excluding carboxylic acids is 3. The van der Waals surface area contributed by atoms with E-state index in [1.165, 1.54) is 7.11 Å². The van der Waals surface area contributed by atoms with E-state index < -0.39 is 51.9 Å². The first-order valence-electron chi connectivity index (χ1n) is 14.4. The molecule has 0 spiro atoms. The summed E-state index contributed by atoms with van der Waals surface area (Å²) in [7, 11) is 1.31. The van der Waals surface area contributed by atoms with E-state index in [-0.39, 0.29) is 48.6 Å². The van der Waals surface area contributed by atoms with Gasteiger partial charge in [0.25, 0.3) is 0 Å². The van der Waals surface area contributed by atoms with Crippen molar-refractivity contribution in [3.63, 3.8) is 0 Å². The molecule has 10 atom stereocenters. The maximum Gasteiger partial charge on any atom is 0.308 e. The third-order valence-electron chi connectivity index (χ3n) is 12.0. The number of aliphatic hydroxyl groups excluding tert-OH is 3. The number of esters is 1. The molecule has 2 fully saturated rings.